The van der Waals surface area contributed by atoms with Crippen LogP contribution in [0.1, 0.15) is 30.8 Å². The lowest BCUT2D eigenvalue weighted by Crippen LogP contribution is -2.38. The number of hydrogen-bond acceptors (Lipinski definition) is 5. The normalized spacial score (nSPS) is 20.5. The molecule has 3 rings (SSSR count). The summed E-state index contributed by atoms with van der Waals surface area (Å²) in [6.07, 6.45) is 8.04. The lowest BCUT2D eigenvalue weighted by Gasteiger charge is -2.27. The lowest BCUT2D eigenvalue weighted by molar-refractivity contribution is 0.0519. The molecule has 0 N–H and O–H groups in total. The second kappa shape index (κ2) is 6.31. The first kappa shape index (κ1) is 17.7. The zero-order chi connectivity index (χ0) is 18.2. The lowest BCUT2D eigenvalue weighted by atomic mass is 10.0. The van der Waals surface area contributed by atoms with Gasteiger partial charge in [0.2, 0.25) is 10.0 Å². The maximum Gasteiger partial charge on any atom is 0.356 e. The summed E-state index contributed by atoms with van der Waals surface area (Å²) < 4.78 is 31.4. The van der Waals surface area contributed by atoms with Crippen molar-refractivity contribution < 1.29 is 17.9 Å². The van der Waals surface area contributed by atoms with Gasteiger partial charge in [0.25, 0.3) is 0 Å². The van der Waals surface area contributed by atoms with Gasteiger partial charge < -0.3 is 4.74 Å². The van der Waals surface area contributed by atoms with Crippen molar-refractivity contribution in [2.24, 2.45) is 0 Å². The molecule has 0 aromatic carbocycles. The molecule has 0 amide bonds. The molecule has 1 aliphatic carbocycles. The predicted molar refractivity (Wildman–Crippen MR) is 96.1 cm³/mol. The maximum absolute atomic E-state index is 13.2. The minimum absolute atomic E-state index is 0.0665. The number of allylic oxidation sites excluding steroid dienone is 3. The zero-order valence-corrected chi connectivity index (χ0v) is 15.3. The van der Waals surface area contributed by atoms with E-state index in [1.165, 1.54) is 22.4 Å². The minimum Gasteiger partial charge on any atom is -0.461 e. The zero-order valence-electron chi connectivity index (χ0n) is 13.8. The Hall–Kier alpha value is -2.12. The van der Waals surface area contributed by atoms with E-state index >= 15 is 0 Å². The summed E-state index contributed by atoms with van der Waals surface area (Å²) in [6, 6.07) is 3.08. The number of rotatable bonds is 4. The Bertz CT molecular complexity index is 1010. The summed E-state index contributed by atoms with van der Waals surface area (Å²) in [6.45, 7) is 3.55. The number of halogens is 1. The average Bonchev–Trinajstić information content (AvgIpc) is 3.01. The molecule has 0 saturated heterocycles. The summed E-state index contributed by atoms with van der Waals surface area (Å²) >= 11 is 5.91. The van der Waals surface area contributed by atoms with Gasteiger partial charge in [-0.2, -0.15) is 0 Å². The highest BCUT2D eigenvalue weighted by Gasteiger charge is 2.39. The van der Waals surface area contributed by atoms with E-state index in [9.17, 15) is 13.2 Å². The van der Waals surface area contributed by atoms with E-state index in [1.807, 2.05) is 0 Å². The summed E-state index contributed by atoms with van der Waals surface area (Å²) in [5.41, 5.74) is 0.449. The first-order valence-corrected chi connectivity index (χ1v) is 9.54. The molecular formula is C17H17ClN2O4S. The fraction of sp³-hybridized carbons (Fsp3) is 0.294. The molecule has 132 valence electrons. The molecule has 0 spiro atoms. The van der Waals surface area contributed by atoms with Crippen LogP contribution in [0, 0.1) is 0 Å². The molecule has 8 heteroatoms. The molecule has 6 nitrogen and oxygen atoms in total. The van der Waals surface area contributed by atoms with Crippen molar-refractivity contribution in [3.8, 4) is 0 Å². The Labute approximate surface area is 150 Å². The van der Waals surface area contributed by atoms with Crippen molar-refractivity contribution in [1.82, 2.24) is 8.96 Å². The van der Waals surface area contributed by atoms with Crippen molar-refractivity contribution in [3.63, 3.8) is 0 Å². The van der Waals surface area contributed by atoms with E-state index in [0.717, 1.165) is 0 Å². The SMILES string of the molecule is CCOC(=O)c1cc2c(ccn2S(=O)(=O)C2(C)C=CC(Cl)=CC2)cn1. The summed E-state index contributed by atoms with van der Waals surface area (Å²) in [7, 11) is -3.78. The van der Waals surface area contributed by atoms with Crippen LogP contribution in [0.15, 0.2) is 47.8 Å². The van der Waals surface area contributed by atoms with Crippen LogP contribution in [0.2, 0.25) is 0 Å². The molecule has 1 unspecified atom stereocenters. The number of nitrogens with zero attached hydrogens (tertiary/aromatic N) is 2. The predicted octanol–water partition coefficient (Wildman–Crippen LogP) is 3.23. The van der Waals surface area contributed by atoms with Crippen LogP contribution in [0.4, 0.5) is 0 Å². The number of hydrogen-bond donors (Lipinski definition) is 0. The van der Waals surface area contributed by atoms with Crippen molar-refractivity contribution in [1.29, 1.82) is 0 Å². The number of pyridine rings is 1. The van der Waals surface area contributed by atoms with Crippen LogP contribution in [0.25, 0.3) is 10.9 Å². The first-order valence-electron chi connectivity index (χ1n) is 7.73. The fourth-order valence-electron chi connectivity index (χ4n) is 2.64. The largest absolute Gasteiger partial charge is 0.461 e. The van der Waals surface area contributed by atoms with Gasteiger partial charge in [-0.25, -0.2) is 22.2 Å². The molecule has 2 heterocycles. The Morgan fingerprint density at radius 3 is 2.88 bits per heavy atom. The molecule has 1 atom stereocenters. The molecule has 25 heavy (non-hydrogen) atoms. The smallest absolute Gasteiger partial charge is 0.356 e. The molecular weight excluding hydrogens is 364 g/mol. The highest BCUT2D eigenvalue weighted by atomic mass is 35.5. The van der Waals surface area contributed by atoms with Crippen molar-refractivity contribution in [3.05, 3.63) is 53.5 Å². The second-order valence-electron chi connectivity index (χ2n) is 5.90. The van der Waals surface area contributed by atoms with Crippen LogP contribution in [-0.2, 0) is 14.8 Å². The van der Waals surface area contributed by atoms with Crippen molar-refractivity contribution in [2.45, 2.75) is 25.0 Å². The quantitative estimate of drug-likeness (QED) is 0.761. The molecule has 0 bridgehead atoms. The third-order valence-corrected chi connectivity index (χ3v) is 6.77. The molecule has 0 fully saturated rings. The molecule has 0 aliphatic heterocycles. The summed E-state index contributed by atoms with van der Waals surface area (Å²) in [5, 5.41) is 1.13. The monoisotopic (exact) mass is 380 g/mol. The van der Waals surface area contributed by atoms with Gasteiger partial charge in [-0.3, -0.25) is 0 Å². The van der Waals surface area contributed by atoms with E-state index in [2.05, 4.69) is 4.98 Å². The van der Waals surface area contributed by atoms with Gasteiger partial charge in [0.1, 0.15) is 10.4 Å². The number of carbonyl (C=O) groups excluding carboxylic acids is 1. The van der Waals surface area contributed by atoms with Crippen LogP contribution < -0.4 is 0 Å². The highest BCUT2D eigenvalue weighted by molar-refractivity contribution is 7.91. The van der Waals surface area contributed by atoms with Gasteiger partial charge >= 0.3 is 5.97 Å². The van der Waals surface area contributed by atoms with Crippen LogP contribution >= 0.6 is 11.6 Å². The van der Waals surface area contributed by atoms with E-state index < -0.39 is 20.7 Å². The third-order valence-electron chi connectivity index (χ3n) is 4.17. The van der Waals surface area contributed by atoms with Gasteiger partial charge in [-0.15, -0.1) is 0 Å². The Morgan fingerprint density at radius 1 is 1.48 bits per heavy atom. The first-order chi connectivity index (χ1) is 11.8. The van der Waals surface area contributed by atoms with Gasteiger partial charge in [0.15, 0.2) is 0 Å². The Morgan fingerprint density at radius 2 is 2.24 bits per heavy atom. The number of aromatic nitrogens is 2. The standard InChI is InChI=1S/C17H17ClN2O4S/c1-3-24-16(21)14-10-15-12(11-19-14)6-9-20(15)25(22,23)17(2)7-4-13(18)5-8-17/h4-7,9-11H,3,8H2,1-2H3. The molecule has 1 aliphatic rings. The summed E-state index contributed by atoms with van der Waals surface area (Å²) in [5.74, 6) is -0.590. The number of esters is 1. The van der Waals surface area contributed by atoms with Gasteiger partial charge in [-0.05, 0) is 38.5 Å². The minimum atomic E-state index is -3.78. The average molecular weight is 381 g/mol. The van der Waals surface area contributed by atoms with E-state index in [4.69, 9.17) is 16.3 Å². The topological polar surface area (TPSA) is 78.3 Å². The molecule has 2 aromatic heterocycles. The third kappa shape index (κ3) is 2.98. The number of carbonyl (C=O) groups is 1. The van der Waals surface area contributed by atoms with Gasteiger partial charge in [0, 0.05) is 22.8 Å². The van der Waals surface area contributed by atoms with Crippen LogP contribution in [-0.4, -0.2) is 34.7 Å². The van der Waals surface area contributed by atoms with Crippen molar-refractivity contribution in [2.75, 3.05) is 6.61 Å². The fourth-order valence-corrected chi connectivity index (χ4v) is 4.40. The molecule has 0 saturated carbocycles. The van der Waals surface area contributed by atoms with Crippen LogP contribution in [0.5, 0.6) is 0 Å². The maximum atomic E-state index is 13.2. The van der Waals surface area contributed by atoms with E-state index in [1.54, 1.807) is 38.1 Å². The number of ether oxygens (including phenoxy) is 1. The van der Waals surface area contributed by atoms with Crippen molar-refractivity contribution >= 4 is 38.5 Å². The molecule has 0 radical (unpaired) electrons. The highest BCUT2D eigenvalue weighted by Crippen LogP contribution is 2.33. The van der Waals surface area contributed by atoms with E-state index in [0.29, 0.717) is 15.9 Å². The van der Waals surface area contributed by atoms with Crippen LogP contribution in [0.3, 0.4) is 0 Å². The second-order valence-corrected chi connectivity index (χ2v) is 8.62. The molecule has 2 aromatic rings. The summed E-state index contributed by atoms with van der Waals surface area (Å²) in [4.78, 5) is 15.9. The Balaban J connectivity index is 2.11. The number of fused-ring (bicyclic) bond motifs is 1. The van der Waals surface area contributed by atoms with E-state index in [-0.39, 0.29) is 18.7 Å². The van der Waals surface area contributed by atoms with Gasteiger partial charge in [-0.1, -0.05) is 23.8 Å². The Kier molecular flexibility index (Phi) is 4.47. The van der Waals surface area contributed by atoms with Gasteiger partial charge in [0.05, 0.1) is 12.1 Å².